The van der Waals surface area contributed by atoms with Crippen LogP contribution >= 0.6 is 0 Å². The molecule has 1 unspecified atom stereocenters. The van der Waals surface area contributed by atoms with Crippen molar-refractivity contribution in [1.82, 2.24) is 14.8 Å². The first kappa shape index (κ1) is 17.1. The summed E-state index contributed by atoms with van der Waals surface area (Å²) >= 11 is 0. The third-order valence-corrected chi connectivity index (χ3v) is 5.63. The molecule has 26 heavy (non-hydrogen) atoms. The fourth-order valence-electron chi connectivity index (χ4n) is 4.23. The van der Waals surface area contributed by atoms with Crippen LogP contribution in [-0.2, 0) is 20.7 Å². The Balaban J connectivity index is 1.62. The number of carbonyl (C=O) groups excluding carboxylic acids is 2. The van der Waals surface area contributed by atoms with Gasteiger partial charge in [-0.3, -0.25) is 14.5 Å². The van der Waals surface area contributed by atoms with E-state index in [0.717, 1.165) is 54.5 Å². The number of amides is 1. The second-order valence-corrected chi connectivity index (χ2v) is 7.21. The van der Waals surface area contributed by atoms with Crippen LogP contribution in [0.15, 0.2) is 24.3 Å². The fourth-order valence-corrected chi connectivity index (χ4v) is 4.23. The predicted octanol–water partition coefficient (Wildman–Crippen LogP) is 1.90. The van der Waals surface area contributed by atoms with Crippen LogP contribution < -0.4 is 0 Å². The van der Waals surface area contributed by atoms with E-state index in [0.29, 0.717) is 19.6 Å². The first-order valence-electron chi connectivity index (χ1n) is 9.35. The lowest BCUT2D eigenvalue weighted by Gasteiger charge is -2.26. The number of benzene rings is 1. The van der Waals surface area contributed by atoms with E-state index in [1.807, 2.05) is 23.1 Å². The number of aromatic amines is 1. The van der Waals surface area contributed by atoms with Crippen LogP contribution in [0.2, 0.25) is 0 Å². The highest BCUT2D eigenvalue weighted by molar-refractivity contribution is 5.89. The molecule has 1 atom stereocenters. The Morgan fingerprint density at radius 3 is 2.73 bits per heavy atom. The SMILES string of the molecule is COC(=O)C1CN(C(=O)CN2CCCC2)CCc2c1[nH]c1ccccc21. The van der Waals surface area contributed by atoms with Crippen molar-refractivity contribution >= 4 is 22.8 Å². The number of fused-ring (bicyclic) bond motifs is 3. The number of nitrogens with zero attached hydrogens (tertiary/aromatic N) is 2. The van der Waals surface area contributed by atoms with E-state index in [1.54, 1.807) is 0 Å². The van der Waals surface area contributed by atoms with Gasteiger partial charge >= 0.3 is 5.97 Å². The zero-order chi connectivity index (χ0) is 18.1. The van der Waals surface area contributed by atoms with Crippen LogP contribution in [0.3, 0.4) is 0 Å². The highest BCUT2D eigenvalue weighted by Crippen LogP contribution is 2.32. The number of hydrogen-bond donors (Lipinski definition) is 1. The molecule has 0 radical (unpaired) electrons. The molecule has 1 amide bonds. The maximum absolute atomic E-state index is 12.8. The summed E-state index contributed by atoms with van der Waals surface area (Å²) in [5, 5.41) is 1.13. The lowest BCUT2D eigenvalue weighted by Crippen LogP contribution is -2.42. The minimum atomic E-state index is -0.465. The van der Waals surface area contributed by atoms with Crippen molar-refractivity contribution in [3.05, 3.63) is 35.5 Å². The van der Waals surface area contributed by atoms with Crippen molar-refractivity contribution < 1.29 is 14.3 Å². The maximum Gasteiger partial charge on any atom is 0.316 e. The normalized spacial score (nSPS) is 20.8. The Morgan fingerprint density at radius 2 is 1.96 bits per heavy atom. The van der Waals surface area contributed by atoms with Gasteiger partial charge in [-0.25, -0.2) is 0 Å². The molecule has 1 aromatic heterocycles. The standard InChI is InChI=1S/C20H25N3O3/c1-26-20(25)16-12-23(18(24)13-22-9-4-5-10-22)11-8-15-14-6-2-3-7-17(14)21-19(15)16/h2-3,6-7,16,21H,4-5,8-13H2,1H3. The monoisotopic (exact) mass is 355 g/mol. The Kier molecular flexibility index (Phi) is 4.68. The first-order valence-corrected chi connectivity index (χ1v) is 9.35. The van der Waals surface area contributed by atoms with Gasteiger partial charge in [-0.15, -0.1) is 0 Å². The molecular formula is C20H25N3O3. The van der Waals surface area contributed by atoms with Crippen molar-refractivity contribution in [2.24, 2.45) is 0 Å². The van der Waals surface area contributed by atoms with Gasteiger partial charge in [0, 0.05) is 29.7 Å². The number of para-hydroxylation sites is 1. The number of carbonyl (C=O) groups is 2. The van der Waals surface area contributed by atoms with Crippen LogP contribution in [0.1, 0.15) is 30.0 Å². The molecular weight excluding hydrogens is 330 g/mol. The second-order valence-electron chi connectivity index (χ2n) is 7.21. The number of ether oxygens (including phenoxy) is 1. The molecule has 1 fully saturated rings. The van der Waals surface area contributed by atoms with Gasteiger partial charge in [0.25, 0.3) is 0 Å². The van der Waals surface area contributed by atoms with Gasteiger partial charge in [0.15, 0.2) is 0 Å². The van der Waals surface area contributed by atoms with E-state index >= 15 is 0 Å². The summed E-state index contributed by atoms with van der Waals surface area (Å²) in [7, 11) is 1.41. The van der Waals surface area contributed by atoms with Crippen LogP contribution in [0.5, 0.6) is 0 Å². The average molecular weight is 355 g/mol. The number of methoxy groups -OCH3 is 1. The van der Waals surface area contributed by atoms with Crippen molar-refractivity contribution in [3.63, 3.8) is 0 Å². The number of hydrogen-bond acceptors (Lipinski definition) is 4. The van der Waals surface area contributed by atoms with E-state index in [2.05, 4.69) is 16.0 Å². The highest BCUT2D eigenvalue weighted by Gasteiger charge is 2.34. The Bertz CT molecular complexity index is 823. The van der Waals surface area contributed by atoms with E-state index < -0.39 is 5.92 Å². The van der Waals surface area contributed by atoms with Crippen LogP contribution in [0, 0.1) is 0 Å². The molecule has 2 aliphatic rings. The topological polar surface area (TPSA) is 65.6 Å². The molecule has 138 valence electrons. The molecule has 0 saturated carbocycles. The second kappa shape index (κ2) is 7.11. The first-order chi connectivity index (χ1) is 12.7. The minimum absolute atomic E-state index is 0.107. The van der Waals surface area contributed by atoms with Crippen LogP contribution in [0.25, 0.3) is 10.9 Å². The third-order valence-electron chi connectivity index (χ3n) is 5.63. The van der Waals surface area contributed by atoms with Crippen molar-refractivity contribution in [1.29, 1.82) is 0 Å². The smallest absolute Gasteiger partial charge is 0.316 e. The summed E-state index contributed by atoms with van der Waals surface area (Å²) in [6.07, 6.45) is 3.07. The maximum atomic E-state index is 12.8. The van der Waals surface area contributed by atoms with Gasteiger partial charge < -0.3 is 14.6 Å². The lowest BCUT2D eigenvalue weighted by atomic mass is 10.00. The Labute approximate surface area is 153 Å². The van der Waals surface area contributed by atoms with Gasteiger partial charge in [0.1, 0.15) is 5.92 Å². The highest BCUT2D eigenvalue weighted by atomic mass is 16.5. The Morgan fingerprint density at radius 1 is 1.19 bits per heavy atom. The summed E-state index contributed by atoms with van der Waals surface area (Å²) in [6.45, 7) is 3.43. The number of aromatic nitrogens is 1. The minimum Gasteiger partial charge on any atom is -0.468 e. The lowest BCUT2D eigenvalue weighted by molar-refractivity contribution is -0.143. The molecule has 6 heteroatoms. The number of likely N-dealkylation sites (tertiary alicyclic amines) is 1. The molecule has 1 aromatic carbocycles. The van der Waals surface area contributed by atoms with Crippen molar-refractivity contribution in [2.75, 3.05) is 39.8 Å². The van der Waals surface area contributed by atoms with E-state index in [-0.39, 0.29) is 11.9 Å². The zero-order valence-corrected chi connectivity index (χ0v) is 15.2. The predicted molar refractivity (Wildman–Crippen MR) is 99.0 cm³/mol. The number of nitrogens with one attached hydrogen (secondary N) is 1. The summed E-state index contributed by atoms with van der Waals surface area (Å²) in [5.74, 6) is -0.652. The summed E-state index contributed by atoms with van der Waals surface area (Å²) in [5.41, 5.74) is 3.06. The summed E-state index contributed by atoms with van der Waals surface area (Å²) in [6, 6.07) is 8.08. The Hall–Kier alpha value is -2.34. The molecule has 3 heterocycles. The van der Waals surface area contributed by atoms with Crippen LogP contribution in [0.4, 0.5) is 0 Å². The van der Waals surface area contributed by atoms with Gasteiger partial charge in [-0.1, -0.05) is 18.2 Å². The van der Waals surface area contributed by atoms with Gasteiger partial charge in [-0.05, 0) is 44.0 Å². The van der Waals surface area contributed by atoms with Gasteiger partial charge in [0.05, 0.1) is 13.7 Å². The molecule has 2 aromatic rings. The third kappa shape index (κ3) is 3.09. The van der Waals surface area contributed by atoms with E-state index in [4.69, 9.17) is 4.74 Å². The number of rotatable bonds is 3. The zero-order valence-electron chi connectivity index (χ0n) is 15.2. The van der Waals surface area contributed by atoms with Gasteiger partial charge in [0.2, 0.25) is 5.91 Å². The van der Waals surface area contributed by atoms with E-state index in [9.17, 15) is 9.59 Å². The van der Waals surface area contributed by atoms with Crippen molar-refractivity contribution in [2.45, 2.75) is 25.2 Å². The molecule has 2 aliphatic heterocycles. The van der Waals surface area contributed by atoms with Gasteiger partial charge in [-0.2, -0.15) is 0 Å². The van der Waals surface area contributed by atoms with Crippen molar-refractivity contribution in [3.8, 4) is 0 Å². The number of esters is 1. The average Bonchev–Trinajstić information content (AvgIpc) is 3.24. The quantitative estimate of drug-likeness (QED) is 0.854. The van der Waals surface area contributed by atoms with Crippen LogP contribution in [-0.4, -0.2) is 66.5 Å². The molecule has 1 saturated heterocycles. The largest absolute Gasteiger partial charge is 0.468 e. The molecule has 0 spiro atoms. The summed E-state index contributed by atoms with van der Waals surface area (Å²) < 4.78 is 5.05. The number of H-pyrrole nitrogens is 1. The van der Waals surface area contributed by atoms with E-state index in [1.165, 1.54) is 7.11 Å². The fraction of sp³-hybridized carbons (Fsp3) is 0.500. The molecule has 1 N–H and O–H groups in total. The molecule has 4 rings (SSSR count). The summed E-state index contributed by atoms with van der Waals surface area (Å²) in [4.78, 5) is 32.7. The molecule has 6 nitrogen and oxygen atoms in total. The molecule has 0 aliphatic carbocycles. The molecule has 0 bridgehead atoms.